The molecule has 6 heteroatoms. The fraction of sp³-hybridized carbons (Fsp3) is 0.316. The van der Waals surface area contributed by atoms with E-state index in [1.165, 1.54) is 11.4 Å². The molecule has 0 spiro atoms. The Labute approximate surface area is 154 Å². The molecule has 134 valence electrons. The summed E-state index contributed by atoms with van der Waals surface area (Å²) in [6, 6.07) is 19.0. The van der Waals surface area contributed by atoms with Crippen LogP contribution in [0, 0.1) is 0 Å². The molecule has 2 aromatic rings. The molecule has 0 saturated heterocycles. The Hall–Kier alpha value is -1.71. The average molecular weight is 376 g/mol. The fourth-order valence-corrected chi connectivity index (χ4v) is 6.91. The van der Waals surface area contributed by atoms with Crippen LogP contribution >= 0.6 is 18.1 Å². The first-order valence-corrected chi connectivity index (χ1v) is 11.6. The molecule has 1 atom stereocenters. The summed E-state index contributed by atoms with van der Waals surface area (Å²) < 4.78 is 21.5. The number of rotatable bonds is 8. The molecule has 0 aliphatic heterocycles. The second kappa shape index (κ2) is 9.69. The van der Waals surface area contributed by atoms with Crippen LogP contribution in [-0.2, 0) is 4.57 Å². The number of hydrogen-bond acceptors (Lipinski definition) is 4. The molecule has 0 N–H and O–H groups in total. The lowest BCUT2D eigenvalue weighted by atomic mass is 10.3. The Morgan fingerprint density at radius 1 is 1.08 bits per heavy atom. The third-order valence-electron chi connectivity index (χ3n) is 3.44. The SMILES string of the molecule is CCCSP(=O)(Oc1ccccc1)N(CC)C(C)=Nc1ccccc1. The molecule has 0 amide bonds. The molecule has 0 aliphatic rings. The Balaban J connectivity index is 2.32. The van der Waals surface area contributed by atoms with E-state index in [0.29, 0.717) is 18.1 Å². The Kier molecular flexibility index (Phi) is 7.60. The minimum atomic E-state index is -3.14. The normalized spacial score (nSPS) is 14.0. The molecule has 0 radical (unpaired) electrons. The lowest BCUT2D eigenvalue weighted by Gasteiger charge is -2.31. The van der Waals surface area contributed by atoms with Crippen molar-refractivity contribution in [2.24, 2.45) is 4.99 Å². The highest BCUT2D eigenvalue weighted by atomic mass is 32.7. The smallest absolute Gasteiger partial charge is 0.403 e. The maximum absolute atomic E-state index is 13.7. The molecule has 0 heterocycles. The summed E-state index contributed by atoms with van der Waals surface area (Å²) in [5.41, 5.74) is 0.838. The van der Waals surface area contributed by atoms with Gasteiger partial charge in [-0.05, 0) is 55.9 Å². The van der Waals surface area contributed by atoms with Gasteiger partial charge in [0.15, 0.2) is 0 Å². The van der Waals surface area contributed by atoms with Gasteiger partial charge in [-0.3, -0.25) is 4.67 Å². The van der Waals surface area contributed by atoms with Gasteiger partial charge in [0.2, 0.25) is 0 Å². The van der Waals surface area contributed by atoms with Crippen molar-refractivity contribution in [2.45, 2.75) is 27.2 Å². The van der Waals surface area contributed by atoms with Gasteiger partial charge in [0, 0.05) is 12.3 Å². The number of para-hydroxylation sites is 2. The van der Waals surface area contributed by atoms with E-state index in [2.05, 4.69) is 11.9 Å². The van der Waals surface area contributed by atoms with Crippen LogP contribution in [0.5, 0.6) is 5.75 Å². The monoisotopic (exact) mass is 376 g/mol. The molecule has 2 aromatic carbocycles. The van der Waals surface area contributed by atoms with Gasteiger partial charge in [-0.2, -0.15) is 0 Å². The standard InChI is InChI=1S/C19H25N2O2PS/c1-4-16-25-24(22,23-19-14-10-7-11-15-19)21(5-2)17(3)20-18-12-8-6-9-13-18/h6-15H,4-5,16H2,1-3H3. The minimum Gasteiger partial charge on any atom is -0.422 e. The summed E-state index contributed by atoms with van der Waals surface area (Å²) in [5, 5.41) is 0. The lowest BCUT2D eigenvalue weighted by molar-refractivity contribution is 0.446. The van der Waals surface area contributed by atoms with Crippen molar-refractivity contribution in [1.82, 2.24) is 4.67 Å². The zero-order valence-electron chi connectivity index (χ0n) is 15.0. The number of nitrogens with zero attached hydrogens (tertiary/aromatic N) is 2. The third-order valence-corrected chi connectivity index (χ3v) is 8.30. The van der Waals surface area contributed by atoms with E-state index in [0.717, 1.165) is 17.9 Å². The van der Waals surface area contributed by atoms with E-state index in [9.17, 15) is 4.57 Å². The molecule has 0 bridgehead atoms. The van der Waals surface area contributed by atoms with Gasteiger partial charge in [0.05, 0.1) is 5.69 Å². The number of amidine groups is 1. The topological polar surface area (TPSA) is 41.9 Å². The van der Waals surface area contributed by atoms with Crippen LogP contribution in [0.4, 0.5) is 5.69 Å². The molecule has 0 aromatic heterocycles. The predicted molar refractivity (Wildman–Crippen MR) is 109 cm³/mol. The van der Waals surface area contributed by atoms with E-state index in [1.54, 1.807) is 4.67 Å². The summed E-state index contributed by atoms with van der Waals surface area (Å²) in [7, 11) is 0. The highest BCUT2D eigenvalue weighted by Gasteiger charge is 2.34. The summed E-state index contributed by atoms with van der Waals surface area (Å²) in [4.78, 5) is 4.62. The van der Waals surface area contributed by atoms with Crippen molar-refractivity contribution in [3.05, 3.63) is 60.7 Å². The molecular formula is C19H25N2O2PS. The second-order valence-corrected chi connectivity index (χ2v) is 9.84. The van der Waals surface area contributed by atoms with Crippen LogP contribution in [0.15, 0.2) is 65.7 Å². The van der Waals surface area contributed by atoms with Crippen LogP contribution in [-0.4, -0.2) is 22.8 Å². The van der Waals surface area contributed by atoms with Gasteiger partial charge in [0.25, 0.3) is 0 Å². The van der Waals surface area contributed by atoms with Crippen LogP contribution in [0.25, 0.3) is 0 Å². The van der Waals surface area contributed by atoms with Crippen molar-refractivity contribution in [2.75, 3.05) is 12.3 Å². The van der Waals surface area contributed by atoms with Crippen molar-refractivity contribution >= 4 is 29.6 Å². The van der Waals surface area contributed by atoms with E-state index in [-0.39, 0.29) is 0 Å². The van der Waals surface area contributed by atoms with Crippen molar-refractivity contribution in [3.63, 3.8) is 0 Å². The van der Waals surface area contributed by atoms with E-state index in [4.69, 9.17) is 4.52 Å². The average Bonchev–Trinajstić information content (AvgIpc) is 2.62. The Morgan fingerprint density at radius 3 is 2.24 bits per heavy atom. The van der Waals surface area contributed by atoms with Crippen LogP contribution in [0.2, 0.25) is 0 Å². The highest BCUT2D eigenvalue weighted by Crippen LogP contribution is 2.62. The van der Waals surface area contributed by atoms with E-state index in [1.807, 2.05) is 74.5 Å². The number of hydrogen-bond donors (Lipinski definition) is 0. The van der Waals surface area contributed by atoms with E-state index >= 15 is 0 Å². The maximum atomic E-state index is 13.7. The number of aliphatic imine (C=N–C) groups is 1. The molecule has 25 heavy (non-hydrogen) atoms. The maximum Gasteiger partial charge on any atom is 0.403 e. The molecule has 0 aliphatic carbocycles. The molecule has 2 rings (SSSR count). The molecule has 1 unspecified atom stereocenters. The Morgan fingerprint density at radius 2 is 1.68 bits per heavy atom. The van der Waals surface area contributed by atoms with Crippen LogP contribution in [0.1, 0.15) is 27.2 Å². The fourth-order valence-electron chi connectivity index (χ4n) is 2.29. The first-order chi connectivity index (χ1) is 12.1. The van der Waals surface area contributed by atoms with Crippen molar-refractivity contribution in [3.8, 4) is 5.75 Å². The van der Waals surface area contributed by atoms with Gasteiger partial charge < -0.3 is 4.52 Å². The van der Waals surface area contributed by atoms with Gasteiger partial charge in [-0.15, -0.1) is 0 Å². The zero-order valence-corrected chi connectivity index (χ0v) is 16.7. The Bertz CT molecular complexity index is 723. The van der Waals surface area contributed by atoms with Gasteiger partial charge in [0.1, 0.15) is 11.6 Å². The minimum absolute atomic E-state index is 0.559. The third kappa shape index (κ3) is 5.65. The van der Waals surface area contributed by atoms with Gasteiger partial charge >= 0.3 is 6.72 Å². The van der Waals surface area contributed by atoms with Crippen LogP contribution in [0.3, 0.4) is 0 Å². The van der Waals surface area contributed by atoms with E-state index < -0.39 is 6.72 Å². The summed E-state index contributed by atoms with van der Waals surface area (Å²) in [6.45, 7) is 3.34. The summed E-state index contributed by atoms with van der Waals surface area (Å²) in [5.74, 6) is 2.07. The molecular weight excluding hydrogens is 351 g/mol. The quantitative estimate of drug-likeness (QED) is 0.304. The molecule has 4 nitrogen and oxygen atoms in total. The van der Waals surface area contributed by atoms with Gasteiger partial charge in [-0.1, -0.05) is 43.3 Å². The summed E-state index contributed by atoms with van der Waals surface area (Å²) >= 11 is 1.37. The van der Waals surface area contributed by atoms with Gasteiger partial charge in [-0.25, -0.2) is 9.56 Å². The van der Waals surface area contributed by atoms with Crippen LogP contribution < -0.4 is 4.52 Å². The predicted octanol–water partition coefficient (Wildman–Crippen LogP) is 6.39. The number of benzene rings is 2. The molecule has 0 fully saturated rings. The first kappa shape index (κ1) is 19.6. The largest absolute Gasteiger partial charge is 0.422 e. The second-order valence-electron chi connectivity index (χ2n) is 5.42. The highest BCUT2D eigenvalue weighted by molar-refractivity contribution is 8.56. The summed E-state index contributed by atoms with van der Waals surface area (Å²) in [6.07, 6.45) is 0.930. The zero-order chi connectivity index (χ0) is 18.1. The van der Waals surface area contributed by atoms with Crippen molar-refractivity contribution in [1.29, 1.82) is 0 Å². The lowest BCUT2D eigenvalue weighted by Crippen LogP contribution is -2.26. The van der Waals surface area contributed by atoms with Crippen molar-refractivity contribution < 1.29 is 9.09 Å². The first-order valence-electron chi connectivity index (χ1n) is 8.46. The molecule has 0 saturated carbocycles.